The third-order valence-corrected chi connectivity index (χ3v) is 1.67. The molecule has 0 aliphatic rings. The van der Waals surface area contributed by atoms with Crippen LogP contribution in [0.25, 0.3) is 0 Å². The van der Waals surface area contributed by atoms with Crippen LogP contribution in [-0.2, 0) is 9.59 Å². The number of carbonyl (C=O) groups excluding carboxylic acids is 2. The molecule has 0 bridgehead atoms. The number of hydrogen-bond acceptors (Lipinski definition) is 2. The van der Waals surface area contributed by atoms with E-state index in [2.05, 4.69) is 5.32 Å². The van der Waals surface area contributed by atoms with Crippen molar-refractivity contribution in [3.8, 4) is 0 Å². The van der Waals surface area contributed by atoms with Gasteiger partial charge in [-0.3, -0.25) is 9.59 Å². The summed E-state index contributed by atoms with van der Waals surface area (Å²) in [6.45, 7) is 4.32. The van der Waals surface area contributed by atoms with Gasteiger partial charge in [-0.25, -0.2) is 0 Å². The van der Waals surface area contributed by atoms with Gasteiger partial charge in [0.15, 0.2) is 0 Å². The Morgan fingerprint density at radius 3 is 2.38 bits per heavy atom. The van der Waals surface area contributed by atoms with Crippen molar-refractivity contribution in [2.75, 3.05) is 6.54 Å². The van der Waals surface area contributed by atoms with Crippen LogP contribution in [0.3, 0.4) is 0 Å². The van der Waals surface area contributed by atoms with E-state index in [1.807, 2.05) is 13.8 Å². The Hall–Kier alpha value is -1.06. The first-order valence-corrected chi connectivity index (χ1v) is 4.60. The van der Waals surface area contributed by atoms with Gasteiger partial charge < -0.3 is 11.1 Å². The fraction of sp³-hybridized carbons (Fsp3) is 0.778. The van der Waals surface area contributed by atoms with E-state index in [4.69, 9.17) is 5.73 Å². The predicted octanol–water partition coefficient (Wildman–Crippen LogP) is 0.414. The summed E-state index contributed by atoms with van der Waals surface area (Å²) < 4.78 is 0. The molecule has 4 nitrogen and oxygen atoms in total. The van der Waals surface area contributed by atoms with Gasteiger partial charge in [0.2, 0.25) is 11.8 Å². The Balaban J connectivity index is 3.26. The summed E-state index contributed by atoms with van der Waals surface area (Å²) in [5.74, 6) is -0.203. The summed E-state index contributed by atoms with van der Waals surface area (Å²) in [7, 11) is 0. The fourth-order valence-electron chi connectivity index (χ4n) is 0.840. The molecular formula is C9H18N2O2. The zero-order chi connectivity index (χ0) is 10.3. The Bertz CT molecular complexity index is 178. The summed E-state index contributed by atoms with van der Waals surface area (Å²) >= 11 is 0. The second-order valence-corrected chi connectivity index (χ2v) is 3.37. The van der Waals surface area contributed by atoms with E-state index in [0.717, 1.165) is 12.8 Å². The normalized spacial score (nSPS) is 10.1. The zero-order valence-electron chi connectivity index (χ0n) is 8.30. The molecule has 4 heteroatoms. The smallest absolute Gasteiger partial charge is 0.222 e. The highest BCUT2D eigenvalue weighted by molar-refractivity contribution is 5.77. The van der Waals surface area contributed by atoms with Crippen LogP contribution in [0.4, 0.5) is 0 Å². The van der Waals surface area contributed by atoms with Crippen LogP contribution < -0.4 is 11.1 Å². The maximum atomic E-state index is 11.0. The van der Waals surface area contributed by atoms with Gasteiger partial charge in [0.05, 0.1) is 0 Å². The second-order valence-electron chi connectivity index (χ2n) is 3.37. The van der Waals surface area contributed by atoms with Crippen molar-refractivity contribution in [3.05, 3.63) is 0 Å². The Kier molecular flexibility index (Phi) is 5.93. The van der Waals surface area contributed by atoms with Crippen molar-refractivity contribution >= 4 is 11.8 Å². The topological polar surface area (TPSA) is 72.2 Å². The molecule has 0 saturated carbocycles. The Morgan fingerprint density at radius 2 is 1.92 bits per heavy atom. The van der Waals surface area contributed by atoms with Crippen molar-refractivity contribution in [1.82, 2.24) is 5.32 Å². The number of unbranched alkanes of at least 4 members (excludes halogenated alkanes) is 1. The van der Waals surface area contributed by atoms with Crippen LogP contribution in [0, 0.1) is 5.92 Å². The van der Waals surface area contributed by atoms with Gasteiger partial charge in [-0.05, 0) is 12.8 Å². The van der Waals surface area contributed by atoms with Crippen LogP contribution in [-0.4, -0.2) is 18.4 Å². The zero-order valence-corrected chi connectivity index (χ0v) is 8.30. The van der Waals surface area contributed by atoms with Crippen molar-refractivity contribution in [2.45, 2.75) is 33.1 Å². The minimum absolute atomic E-state index is 0.0242. The van der Waals surface area contributed by atoms with Crippen molar-refractivity contribution in [2.24, 2.45) is 11.7 Å². The number of primary amides is 1. The first-order chi connectivity index (χ1) is 6.04. The molecule has 0 saturated heterocycles. The lowest BCUT2D eigenvalue weighted by Crippen LogP contribution is -2.28. The van der Waals surface area contributed by atoms with Gasteiger partial charge in [0, 0.05) is 18.9 Å². The summed E-state index contributed by atoms with van der Waals surface area (Å²) in [5, 5.41) is 2.76. The molecule has 0 rings (SSSR count). The summed E-state index contributed by atoms with van der Waals surface area (Å²) in [5.41, 5.74) is 4.96. The van der Waals surface area contributed by atoms with Crippen molar-refractivity contribution in [3.63, 3.8) is 0 Å². The van der Waals surface area contributed by atoms with E-state index >= 15 is 0 Å². The standard InChI is InChI=1S/C9H18N2O2/c1-7(2)9(13)11-6-4-3-5-8(10)12/h7H,3-6H2,1-2H3,(H2,10,12)(H,11,13). The molecule has 76 valence electrons. The van der Waals surface area contributed by atoms with Gasteiger partial charge in [0.25, 0.3) is 0 Å². The molecule has 0 aromatic heterocycles. The molecule has 0 aliphatic heterocycles. The minimum atomic E-state index is -0.282. The van der Waals surface area contributed by atoms with Crippen molar-refractivity contribution in [1.29, 1.82) is 0 Å². The lowest BCUT2D eigenvalue weighted by molar-refractivity contribution is -0.123. The van der Waals surface area contributed by atoms with E-state index < -0.39 is 0 Å². The average Bonchev–Trinajstić information content (AvgIpc) is 2.02. The monoisotopic (exact) mass is 186 g/mol. The number of hydrogen-bond donors (Lipinski definition) is 2. The highest BCUT2D eigenvalue weighted by Crippen LogP contribution is 1.94. The van der Waals surface area contributed by atoms with E-state index in [9.17, 15) is 9.59 Å². The van der Waals surface area contributed by atoms with Gasteiger partial charge in [0.1, 0.15) is 0 Å². The summed E-state index contributed by atoms with van der Waals surface area (Å²) in [6.07, 6.45) is 1.95. The lowest BCUT2D eigenvalue weighted by atomic mass is 10.2. The first-order valence-electron chi connectivity index (χ1n) is 4.60. The molecule has 0 unspecified atom stereocenters. The molecule has 0 aromatic carbocycles. The average molecular weight is 186 g/mol. The third kappa shape index (κ3) is 7.31. The third-order valence-electron chi connectivity index (χ3n) is 1.67. The molecule has 3 N–H and O–H groups in total. The number of amides is 2. The molecule has 0 heterocycles. The van der Waals surface area contributed by atoms with Crippen LogP contribution in [0.5, 0.6) is 0 Å². The van der Waals surface area contributed by atoms with Crippen LogP contribution in [0.15, 0.2) is 0 Å². The molecule has 0 aromatic rings. The number of nitrogens with two attached hydrogens (primary N) is 1. The largest absolute Gasteiger partial charge is 0.370 e. The molecule has 13 heavy (non-hydrogen) atoms. The van der Waals surface area contributed by atoms with Crippen LogP contribution >= 0.6 is 0 Å². The Morgan fingerprint density at radius 1 is 1.31 bits per heavy atom. The van der Waals surface area contributed by atoms with Crippen LogP contribution in [0.2, 0.25) is 0 Å². The van der Waals surface area contributed by atoms with Gasteiger partial charge in [-0.15, -0.1) is 0 Å². The number of carbonyl (C=O) groups is 2. The molecular weight excluding hydrogens is 168 g/mol. The van der Waals surface area contributed by atoms with E-state index in [1.165, 1.54) is 0 Å². The lowest BCUT2D eigenvalue weighted by Gasteiger charge is -2.06. The van der Waals surface area contributed by atoms with Gasteiger partial charge >= 0.3 is 0 Å². The maximum Gasteiger partial charge on any atom is 0.222 e. The number of nitrogens with one attached hydrogen (secondary N) is 1. The van der Waals surface area contributed by atoms with Gasteiger partial charge in [-0.1, -0.05) is 13.8 Å². The van der Waals surface area contributed by atoms with E-state index in [1.54, 1.807) is 0 Å². The van der Waals surface area contributed by atoms with E-state index in [0.29, 0.717) is 13.0 Å². The molecule has 0 fully saturated rings. The highest BCUT2D eigenvalue weighted by atomic mass is 16.2. The highest BCUT2D eigenvalue weighted by Gasteiger charge is 2.04. The SMILES string of the molecule is CC(C)C(=O)NCCCCC(N)=O. The predicted molar refractivity (Wildman–Crippen MR) is 50.9 cm³/mol. The van der Waals surface area contributed by atoms with Crippen molar-refractivity contribution < 1.29 is 9.59 Å². The van der Waals surface area contributed by atoms with Crippen LogP contribution in [0.1, 0.15) is 33.1 Å². The van der Waals surface area contributed by atoms with E-state index in [-0.39, 0.29) is 17.7 Å². The second kappa shape index (κ2) is 6.46. The van der Waals surface area contributed by atoms with Gasteiger partial charge in [-0.2, -0.15) is 0 Å². The quantitative estimate of drug-likeness (QED) is 0.590. The maximum absolute atomic E-state index is 11.0. The minimum Gasteiger partial charge on any atom is -0.370 e. The molecule has 2 amide bonds. The molecule has 0 radical (unpaired) electrons. The molecule has 0 atom stereocenters. The molecule has 0 spiro atoms. The summed E-state index contributed by atoms with van der Waals surface area (Å²) in [6, 6.07) is 0. The molecule has 0 aliphatic carbocycles. The fourth-order valence-corrected chi connectivity index (χ4v) is 0.840. The first kappa shape index (κ1) is 11.9. The Labute approximate surface area is 78.9 Å². The number of rotatable bonds is 6. The summed E-state index contributed by atoms with van der Waals surface area (Å²) in [4.78, 5) is 21.4.